The second-order valence-electron chi connectivity index (χ2n) is 4.00. The van der Waals surface area contributed by atoms with Crippen LogP contribution in [0.5, 0.6) is 0 Å². The molecule has 0 bridgehead atoms. The van der Waals surface area contributed by atoms with Gasteiger partial charge in [0.25, 0.3) is 6.01 Å². The lowest BCUT2D eigenvalue weighted by Crippen LogP contribution is -2.29. The minimum absolute atomic E-state index is 0.231. The van der Waals surface area contributed by atoms with Gasteiger partial charge in [0, 0.05) is 13.1 Å². The first kappa shape index (κ1) is 11.7. The van der Waals surface area contributed by atoms with Crippen LogP contribution in [0.3, 0.4) is 0 Å². The Morgan fingerprint density at radius 3 is 3.18 bits per heavy atom. The van der Waals surface area contributed by atoms with Crippen molar-refractivity contribution in [1.29, 1.82) is 0 Å². The Bertz CT molecular complexity index is 437. The Morgan fingerprint density at radius 1 is 1.65 bits per heavy atom. The number of ether oxygens (including phenoxy) is 1. The zero-order chi connectivity index (χ0) is 12.3. The van der Waals surface area contributed by atoms with E-state index in [0.29, 0.717) is 12.6 Å². The van der Waals surface area contributed by atoms with Crippen molar-refractivity contribution in [2.45, 2.75) is 20.3 Å². The average Bonchev–Trinajstić information content (AvgIpc) is 2.78. The van der Waals surface area contributed by atoms with Gasteiger partial charge in [0.05, 0.1) is 6.61 Å². The van der Waals surface area contributed by atoms with E-state index < -0.39 is 5.97 Å². The van der Waals surface area contributed by atoms with Crippen LogP contribution in [-0.2, 0) is 4.74 Å². The molecule has 0 unspecified atom stereocenters. The van der Waals surface area contributed by atoms with Crippen LogP contribution in [0.25, 0.3) is 0 Å². The molecular formula is C12H16N2O3. The summed E-state index contributed by atoms with van der Waals surface area (Å²) in [6.45, 7) is 5.83. The van der Waals surface area contributed by atoms with Crippen molar-refractivity contribution in [2.24, 2.45) is 0 Å². The van der Waals surface area contributed by atoms with Gasteiger partial charge in [0.15, 0.2) is 5.69 Å². The summed E-state index contributed by atoms with van der Waals surface area (Å²) >= 11 is 0. The third-order valence-electron chi connectivity index (χ3n) is 2.58. The average molecular weight is 236 g/mol. The molecule has 2 heterocycles. The fourth-order valence-electron chi connectivity index (χ4n) is 1.78. The Kier molecular flexibility index (Phi) is 3.46. The minimum atomic E-state index is -0.438. The van der Waals surface area contributed by atoms with E-state index in [2.05, 4.69) is 18.0 Å². The predicted octanol–water partition coefficient (Wildman–Crippen LogP) is 2.01. The summed E-state index contributed by atoms with van der Waals surface area (Å²) in [6, 6.07) is 0.487. The third-order valence-corrected chi connectivity index (χ3v) is 2.58. The van der Waals surface area contributed by atoms with Crippen molar-refractivity contribution in [3.05, 3.63) is 23.6 Å². The number of carbonyl (C=O) groups excluding carboxylic acids is 1. The van der Waals surface area contributed by atoms with Crippen molar-refractivity contribution in [3.63, 3.8) is 0 Å². The molecule has 0 saturated carbocycles. The van der Waals surface area contributed by atoms with Crippen LogP contribution < -0.4 is 4.90 Å². The minimum Gasteiger partial charge on any atom is -0.461 e. The number of hydrogen-bond acceptors (Lipinski definition) is 5. The summed E-state index contributed by atoms with van der Waals surface area (Å²) in [4.78, 5) is 17.6. The Hall–Kier alpha value is -1.78. The van der Waals surface area contributed by atoms with Crippen LogP contribution >= 0.6 is 0 Å². The lowest BCUT2D eigenvalue weighted by molar-refractivity contribution is 0.0519. The molecule has 0 fully saturated rings. The van der Waals surface area contributed by atoms with Crippen LogP contribution in [0.1, 0.15) is 30.8 Å². The number of carbonyl (C=O) groups is 1. The lowest BCUT2D eigenvalue weighted by atomic mass is 10.1. The monoisotopic (exact) mass is 236 g/mol. The molecule has 2 rings (SSSR count). The number of aromatic nitrogens is 1. The summed E-state index contributed by atoms with van der Waals surface area (Å²) in [7, 11) is 0. The maximum absolute atomic E-state index is 11.4. The summed E-state index contributed by atoms with van der Waals surface area (Å²) < 4.78 is 10.2. The molecule has 0 saturated heterocycles. The molecule has 1 aliphatic heterocycles. The Morgan fingerprint density at radius 2 is 2.47 bits per heavy atom. The van der Waals surface area contributed by atoms with Crippen LogP contribution in [0.15, 0.2) is 22.3 Å². The number of esters is 1. The largest absolute Gasteiger partial charge is 0.461 e. The molecule has 0 aliphatic carbocycles. The standard InChI is InChI=1S/C12H16N2O3/c1-3-16-11(15)10-8-17-12(13-10)14-6-4-5-9(2)7-14/h5,8H,3-4,6-7H2,1-2H3. The van der Waals surface area contributed by atoms with Gasteiger partial charge in [-0.25, -0.2) is 4.79 Å². The maximum atomic E-state index is 11.4. The highest BCUT2D eigenvalue weighted by atomic mass is 16.5. The highest BCUT2D eigenvalue weighted by Gasteiger charge is 2.19. The summed E-state index contributed by atoms with van der Waals surface area (Å²) in [5.41, 5.74) is 1.51. The number of rotatable bonds is 3. The van der Waals surface area contributed by atoms with Crippen molar-refractivity contribution in [3.8, 4) is 0 Å². The van der Waals surface area contributed by atoms with Gasteiger partial charge >= 0.3 is 5.97 Å². The van der Waals surface area contributed by atoms with Crippen molar-refractivity contribution in [1.82, 2.24) is 4.98 Å². The molecule has 0 N–H and O–H groups in total. The van der Waals surface area contributed by atoms with Gasteiger partial charge in [-0.2, -0.15) is 4.98 Å². The smallest absolute Gasteiger partial charge is 0.360 e. The topological polar surface area (TPSA) is 55.6 Å². The first-order chi connectivity index (χ1) is 8.20. The second-order valence-corrected chi connectivity index (χ2v) is 4.00. The first-order valence-electron chi connectivity index (χ1n) is 5.74. The maximum Gasteiger partial charge on any atom is 0.360 e. The molecule has 1 aromatic rings. The quantitative estimate of drug-likeness (QED) is 0.593. The van der Waals surface area contributed by atoms with E-state index >= 15 is 0 Å². The second kappa shape index (κ2) is 5.03. The fourth-order valence-corrected chi connectivity index (χ4v) is 1.78. The first-order valence-corrected chi connectivity index (χ1v) is 5.74. The van der Waals surface area contributed by atoms with Crippen LogP contribution in [0, 0.1) is 0 Å². The zero-order valence-electron chi connectivity index (χ0n) is 10.1. The van der Waals surface area contributed by atoms with Crippen molar-refractivity contribution < 1.29 is 13.9 Å². The van der Waals surface area contributed by atoms with Gasteiger partial charge in [-0.1, -0.05) is 11.6 Å². The van der Waals surface area contributed by atoms with Gasteiger partial charge in [0.2, 0.25) is 0 Å². The molecule has 1 aromatic heterocycles. The van der Waals surface area contributed by atoms with Gasteiger partial charge < -0.3 is 14.1 Å². The normalized spacial score (nSPS) is 15.6. The van der Waals surface area contributed by atoms with E-state index in [9.17, 15) is 4.79 Å². The molecule has 0 spiro atoms. The van der Waals surface area contributed by atoms with E-state index in [1.807, 2.05) is 4.90 Å². The van der Waals surface area contributed by atoms with Crippen LogP contribution in [0.4, 0.5) is 6.01 Å². The van der Waals surface area contributed by atoms with Gasteiger partial charge in [-0.05, 0) is 20.3 Å². The Labute approximate surface area is 100 Å². The van der Waals surface area contributed by atoms with E-state index in [1.165, 1.54) is 11.8 Å². The van der Waals surface area contributed by atoms with E-state index in [-0.39, 0.29) is 5.69 Å². The molecule has 92 valence electrons. The molecule has 0 radical (unpaired) electrons. The molecule has 17 heavy (non-hydrogen) atoms. The molecule has 5 nitrogen and oxygen atoms in total. The van der Waals surface area contributed by atoms with Crippen molar-refractivity contribution in [2.75, 3.05) is 24.6 Å². The Balaban J connectivity index is 2.08. The molecular weight excluding hydrogens is 220 g/mol. The van der Waals surface area contributed by atoms with Gasteiger partial charge in [0.1, 0.15) is 6.26 Å². The highest BCUT2D eigenvalue weighted by Crippen LogP contribution is 2.19. The summed E-state index contributed by atoms with van der Waals surface area (Å²) in [5.74, 6) is -0.438. The van der Waals surface area contributed by atoms with E-state index in [4.69, 9.17) is 9.15 Å². The highest BCUT2D eigenvalue weighted by molar-refractivity contribution is 5.87. The van der Waals surface area contributed by atoms with Crippen LogP contribution in [-0.4, -0.2) is 30.6 Å². The fraction of sp³-hybridized carbons (Fsp3) is 0.500. The van der Waals surface area contributed by atoms with Crippen molar-refractivity contribution >= 4 is 12.0 Å². The van der Waals surface area contributed by atoms with Gasteiger partial charge in [-0.15, -0.1) is 0 Å². The van der Waals surface area contributed by atoms with Crippen LogP contribution in [0.2, 0.25) is 0 Å². The third kappa shape index (κ3) is 2.67. The zero-order valence-corrected chi connectivity index (χ0v) is 10.1. The van der Waals surface area contributed by atoms with Gasteiger partial charge in [-0.3, -0.25) is 0 Å². The molecule has 0 aromatic carbocycles. The summed E-state index contributed by atoms with van der Waals surface area (Å²) in [6.07, 6.45) is 4.52. The van der Waals surface area contributed by atoms with E-state index in [0.717, 1.165) is 19.5 Å². The summed E-state index contributed by atoms with van der Waals surface area (Å²) in [5, 5.41) is 0. The number of oxazole rings is 1. The number of anilines is 1. The molecule has 5 heteroatoms. The number of hydrogen-bond donors (Lipinski definition) is 0. The molecule has 0 amide bonds. The predicted molar refractivity (Wildman–Crippen MR) is 63.0 cm³/mol. The lowest BCUT2D eigenvalue weighted by Gasteiger charge is -2.23. The number of nitrogens with zero attached hydrogens (tertiary/aromatic N) is 2. The van der Waals surface area contributed by atoms with E-state index in [1.54, 1.807) is 6.92 Å². The molecule has 0 atom stereocenters. The SMILES string of the molecule is CCOC(=O)c1coc(N2CCC=C(C)C2)n1. The molecule has 1 aliphatic rings.